The summed E-state index contributed by atoms with van der Waals surface area (Å²) >= 11 is 0. The zero-order valence-corrected chi connectivity index (χ0v) is 13.6. The molecule has 0 aliphatic heterocycles. The Morgan fingerprint density at radius 2 is 1.35 bits per heavy atom. The van der Waals surface area contributed by atoms with Crippen molar-refractivity contribution in [2.24, 2.45) is 17.8 Å². The molecular weight excluding hydrogens is 228 g/mol. The summed E-state index contributed by atoms with van der Waals surface area (Å²) in [5.41, 5.74) is 0.396. The largest absolute Gasteiger partial charge is 0.396 e. The minimum absolute atomic E-state index is 0.396. The monoisotopic (exact) mass is 258 g/mol. The van der Waals surface area contributed by atoms with Gasteiger partial charge in [-0.1, -0.05) is 47.6 Å². The van der Waals surface area contributed by atoms with Crippen molar-refractivity contribution < 1.29 is 8.85 Å². The van der Waals surface area contributed by atoms with E-state index in [0.29, 0.717) is 23.3 Å². The molecule has 0 bridgehead atoms. The molecule has 0 amide bonds. The molecule has 0 radical (unpaired) electrons. The van der Waals surface area contributed by atoms with E-state index >= 15 is 0 Å². The van der Waals surface area contributed by atoms with Crippen molar-refractivity contribution >= 4 is 9.28 Å². The minimum Gasteiger partial charge on any atom is -0.396 e. The van der Waals surface area contributed by atoms with Crippen LogP contribution in [0.25, 0.3) is 0 Å². The molecule has 0 aromatic heterocycles. The predicted molar refractivity (Wildman–Crippen MR) is 77.5 cm³/mol. The highest BCUT2D eigenvalue weighted by Crippen LogP contribution is 2.24. The molecule has 0 aromatic rings. The fourth-order valence-corrected chi connectivity index (χ4v) is 4.08. The van der Waals surface area contributed by atoms with Gasteiger partial charge >= 0.3 is 9.28 Å². The second-order valence-electron chi connectivity index (χ2n) is 5.88. The van der Waals surface area contributed by atoms with E-state index in [1.54, 1.807) is 0 Å². The molecule has 0 aliphatic rings. The Bertz CT molecular complexity index is 190. The number of rotatable bonds is 9. The highest BCUT2D eigenvalue weighted by Gasteiger charge is 2.27. The molecule has 0 heterocycles. The molecule has 1 atom stereocenters. The van der Waals surface area contributed by atoms with Gasteiger partial charge in [0.25, 0.3) is 0 Å². The SMILES string of the molecule is C=CC(C(C)C)[SiH](OCC(C)C)OCC(C)C. The highest BCUT2D eigenvalue weighted by molar-refractivity contribution is 6.47. The standard InChI is InChI=1S/C14H30O2Si/c1-8-14(13(6)7)17(15-9-11(2)3)16-10-12(4)5/h8,11-14,17H,1,9-10H2,2-7H3. The Hall–Kier alpha value is -0.123. The molecule has 0 saturated carbocycles. The molecule has 0 rings (SSSR count). The van der Waals surface area contributed by atoms with Crippen LogP contribution in [0.1, 0.15) is 41.5 Å². The molecule has 17 heavy (non-hydrogen) atoms. The molecular formula is C14H30O2Si. The van der Waals surface area contributed by atoms with Crippen LogP contribution in [0, 0.1) is 17.8 Å². The van der Waals surface area contributed by atoms with Crippen LogP contribution < -0.4 is 0 Å². The van der Waals surface area contributed by atoms with E-state index in [1.165, 1.54) is 0 Å². The van der Waals surface area contributed by atoms with E-state index in [4.69, 9.17) is 8.85 Å². The smallest absolute Gasteiger partial charge is 0.328 e. The first kappa shape index (κ1) is 16.9. The Labute approximate surface area is 109 Å². The van der Waals surface area contributed by atoms with E-state index in [9.17, 15) is 0 Å². The third kappa shape index (κ3) is 7.74. The lowest BCUT2D eigenvalue weighted by Crippen LogP contribution is -2.33. The van der Waals surface area contributed by atoms with Crippen molar-refractivity contribution in [2.45, 2.75) is 47.1 Å². The Morgan fingerprint density at radius 3 is 1.59 bits per heavy atom. The van der Waals surface area contributed by atoms with Crippen LogP contribution in [-0.4, -0.2) is 22.5 Å². The zero-order valence-electron chi connectivity index (χ0n) is 12.4. The van der Waals surface area contributed by atoms with Crippen molar-refractivity contribution in [2.75, 3.05) is 13.2 Å². The first-order valence-corrected chi connectivity index (χ1v) is 8.35. The van der Waals surface area contributed by atoms with Crippen molar-refractivity contribution in [3.05, 3.63) is 12.7 Å². The number of hydrogen-bond acceptors (Lipinski definition) is 2. The molecule has 0 aliphatic carbocycles. The van der Waals surface area contributed by atoms with Gasteiger partial charge in [0.05, 0.1) is 0 Å². The van der Waals surface area contributed by atoms with Crippen molar-refractivity contribution in [1.82, 2.24) is 0 Å². The molecule has 2 nitrogen and oxygen atoms in total. The summed E-state index contributed by atoms with van der Waals surface area (Å²) in [6, 6.07) is 0. The lowest BCUT2D eigenvalue weighted by atomic mass is 10.1. The molecule has 0 aromatic carbocycles. The van der Waals surface area contributed by atoms with Crippen LogP contribution >= 0.6 is 0 Å². The number of allylic oxidation sites excluding steroid dienone is 1. The summed E-state index contributed by atoms with van der Waals surface area (Å²) in [4.78, 5) is 0. The second-order valence-corrected chi connectivity index (χ2v) is 8.05. The second kappa shape index (κ2) is 8.89. The Kier molecular flexibility index (Phi) is 8.83. The predicted octanol–water partition coefficient (Wildman–Crippen LogP) is 3.76. The van der Waals surface area contributed by atoms with E-state index in [0.717, 1.165) is 13.2 Å². The van der Waals surface area contributed by atoms with E-state index in [1.807, 2.05) is 6.08 Å². The normalized spacial score (nSPS) is 14.0. The Balaban J connectivity index is 4.40. The Morgan fingerprint density at radius 1 is 0.941 bits per heavy atom. The molecule has 0 N–H and O–H groups in total. The summed E-state index contributed by atoms with van der Waals surface area (Å²) in [5.74, 6) is 1.67. The molecule has 1 unspecified atom stereocenters. The van der Waals surface area contributed by atoms with Crippen LogP contribution in [0.15, 0.2) is 12.7 Å². The molecule has 0 spiro atoms. The van der Waals surface area contributed by atoms with Crippen LogP contribution in [0.3, 0.4) is 0 Å². The summed E-state index contributed by atoms with van der Waals surface area (Å²) in [6.07, 6.45) is 2.02. The van der Waals surface area contributed by atoms with Gasteiger partial charge in [0.2, 0.25) is 0 Å². The fourth-order valence-electron chi connectivity index (χ4n) is 1.54. The van der Waals surface area contributed by atoms with Crippen molar-refractivity contribution in [1.29, 1.82) is 0 Å². The van der Waals surface area contributed by atoms with Gasteiger partial charge in [0, 0.05) is 18.8 Å². The van der Waals surface area contributed by atoms with Gasteiger partial charge in [-0.05, 0) is 17.8 Å². The maximum Gasteiger partial charge on any atom is 0.328 e. The quantitative estimate of drug-likeness (QED) is 0.463. The van der Waals surface area contributed by atoms with E-state index in [2.05, 4.69) is 48.1 Å². The average Bonchev–Trinajstić information content (AvgIpc) is 2.21. The van der Waals surface area contributed by atoms with Gasteiger partial charge in [0.1, 0.15) is 0 Å². The van der Waals surface area contributed by atoms with Gasteiger partial charge in [-0.15, -0.1) is 6.58 Å². The topological polar surface area (TPSA) is 18.5 Å². The summed E-state index contributed by atoms with van der Waals surface area (Å²) in [5, 5.41) is 0. The zero-order chi connectivity index (χ0) is 13.4. The van der Waals surface area contributed by atoms with Crippen LogP contribution in [0.4, 0.5) is 0 Å². The summed E-state index contributed by atoms with van der Waals surface area (Å²) in [6.45, 7) is 18.6. The first-order valence-electron chi connectivity index (χ1n) is 6.74. The van der Waals surface area contributed by atoms with Gasteiger partial charge in [-0.25, -0.2) is 0 Å². The van der Waals surface area contributed by atoms with Gasteiger partial charge in [-0.2, -0.15) is 0 Å². The maximum absolute atomic E-state index is 6.01. The third-order valence-corrected chi connectivity index (χ3v) is 5.26. The molecule has 0 saturated heterocycles. The van der Waals surface area contributed by atoms with Gasteiger partial charge < -0.3 is 8.85 Å². The maximum atomic E-state index is 6.01. The summed E-state index contributed by atoms with van der Waals surface area (Å²) in [7, 11) is -1.64. The average molecular weight is 258 g/mol. The fraction of sp³-hybridized carbons (Fsp3) is 0.857. The molecule has 3 heteroatoms. The van der Waals surface area contributed by atoms with E-state index < -0.39 is 9.28 Å². The molecule has 0 fully saturated rings. The van der Waals surface area contributed by atoms with Gasteiger partial charge in [-0.3, -0.25) is 0 Å². The first-order chi connectivity index (χ1) is 7.88. The third-order valence-electron chi connectivity index (χ3n) is 2.54. The lowest BCUT2D eigenvalue weighted by molar-refractivity contribution is 0.155. The van der Waals surface area contributed by atoms with E-state index in [-0.39, 0.29) is 0 Å². The molecule has 102 valence electrons. The highest BCUT2D eigenvalue weighted by atomic mass is 28.3. The lowest BCUT2D eigenvalue weighted by Gasteiger charge is -2.27. The minimum atomic E-state index is -1.64. The van der Waals surface area contributed by atoms with Crippen molar-refractivity contribution in [3.8, 4) is 0 Å². The summed E-state index contributed by atoms with van der Waals surface area (Å²) < 4.78 is 12.0. The van der Waals surface area contributed by atoms with Crippen molar-refractivity contribution in [3.63, 3.8) is 0 Å². The van der Waals surface area contributed by atoms with Crippen LogP contribution in [0.5, 0.6) is 0 Å². The number of hydrogen-bond donors (Lipinski definition) is 0. The van der Waals surface area contributed by atoms with Crippen LogP contribution in [0.2, 0.25) is 5.54 Å². The van der Waals surface area contributed by atoms with Gasteiger partial charge in [0.15, 0.2) is 0 Å². The van der Waals surface area contributed by atoms with Crippen LogP contribution in [-0.2, 0) is 8.85 Å².